The molecule has 0 aliphatic carbocycles. The second kappa shape index (κ2) is 17.0. The van der Waals surface area contributed by atoms with Crippen molar-refractivity contribution < 1.29 is 33.9 Å². The van der Waals surface area contributed by atoms with E-state index in [1.54, 1.807) is 4.90 Å². The highest BCUT2D eigenvalue weighted by molar-refractivity contribution is 6.12. The molecule has 2 heterocycles. The van der Waals surface area contributed by atoms with Crippen LogP contribution in [0.1, 0.15) is 74.5 Å². The first kappa shape index (κ1) is 34.1. The van der Waals surface area contributed by atoms with E-state index in [1.807, 2.05) is 42.5 Å². The van der Waals surface area contributed by atoms with Crippen molar-refractivity contribution in [2.75, 3.05) is 18.0 Å². The lowest BCUT2D eigenvalue weighted by molar-refractivity contribution is -0.142. The van der Waals surface area contributed by atoms with Crippen LogP contribution in [0.5, 0.6) is 0 Å². The molecule has 0 aromatic heterocycles. The fourth-order valence-corrected chi connectivity index (χ4v) is 5.74. The van der Waals surface area contributed by atoms with E-state index < -0.39 is 12.0 Å². The minimum Gasteiger partial charge on any atom is -0.480 e. The number of rotatable bonds is 16. The number of amides is 5. The quantitative estimate of drug-likeness (QED) is 0.190. The van der Waals surface area contributed by atoms with Gasteiger partial charge in [-0.15, -0.1) is 0 Å². The first-order valence-corrected chi connectivity index (χ1v) is 16.0. The molecule has 3 N–H and O–H groups in total. The molecule has 0 bridgehead atoms. The Morgan fingerprint density at radius 1 is 0.739 bits per heavy atom. The topological polar surface area (TPSA) is 153 Å². The van der Waals surface area contributed by atoms with Crippen LogP contribution in [0.3, 0.4) is 0 Å². The van der Waals surface area contributed by atoms with E-state index in [9.17, 15) is 33.9 Å². The molecule has 244 valence electrons. The van der Waals surface area contributed by atoms with Gasteiger partial charge in [0.2, 0.25) is 17.7 Å². The van der Waals surface area contributed by atoms with E-state index in [1.165, 1.54) is 17.7 Å². The Morgan fingerprint density at radius 3 is 2.15 bits per heavy atom. The van der Waals surface area contributed by atoms with Crippen LogP contribution in [0.2, 0.25) is 0 Å². The summed E-state index contributed by atoms with van der Waals surface area (Å²) in [6, 6.07) is 15.0. The van der Waals surface area contributed by atoms with Gasteiger partial charge in [0, 0.05) is 50.2 Å². The highest BCUT2D eigenvalue weighted by Crippen LogP contribution is 2.29. The first-order chi connectivity index (χ1) is 22.2. The van der Waals surface area contributed by atoms with E-state index in [2.05, 4.69) is 16.7 Å². The third-order valence-electron chi connectivity index (χ3n) is 8.32. The molecule has 0 saturated carbocycles. The summed E-state index contributed by atoms with van der Waals surface area (Å²) in [5.41, 5.74) is 4.31. The van der Waals surface area contributed by atoms with Crippen LogP contribution in [-0.4, -0.2) is 64.6 Å². The van der Waals surface area contributed by atoms with Gasteiger partial charge in [0.15, 0.2) is 0 Å². The number of aliphatic carboxylic acids is 1. The molecule has 46 heavy (non-hydrogen) atoms. The molecule has 2 aliphatic heterocycles. The standard InChI is InChI=1S/C35H42N4O7/c40-30(18-19-34(44)39-24-27-12-4-3-10-25(27)16-17-26-11-5-6-14-29(26)39)36-22-8-7-13-28(35(45)46)37-31(41)15-2-1-9-23-38-32(42)20-21-33(38)43/h3-6,10-12,14,20-21,28H,1-2,7-9,13,15-19,22-24H2,(H,36,40)(H,37,41)(H,45,46)/t28-/m1/s1. The predicted molar refractivity (Wildman–Crippen MR) is 171 cm³/mol. The molecule has 0 spiro atoms. The molecule has 1 atom stereocenters. The lowest BCUT2D eigenvalue weighted by atomic mass is 9.95. The van der Waals surface area contributed by atoms with Gasteiger partial charge < -0.3 is 20.6 Å². The number of aryl methyl sites for hydroxylation is 2. The molecule has 4 rings (SSSR count). The smallest absolute Gasteiger partial charge is 0.326 e. The number of nitrogens with one attached hydrogen (secondary N) is 2. The number of carboxylic acids is 1. The summed E-state index contributed by atoms with van der Waals surface area (Å²) in [6.45, 7) is 1.08. The summed E-state index contributed by atoms with van der Waals surface area (Å²) in [7, 11) is 0. The molecular formula is C35H42N4O7. The van der Waals surface area contributed by atoms with Crippen molar-refractivity contribution in [2.45, 2.75) is 83.2 Å². The highest BCUT2D eigenvalue weighted by Gasteiger charge is 2.24. The Labute approximate surface area is 269 Å². The second-order valence-electron chi connectivity index (χ2n) is 11.7. The van der Waals surface area contributed by atoms with Crippen molar-refractivity contribution in [3.8, 4) is 0 Å². The number of carboxylic acid groups (broad SMARTS) is 1. The fraction of sp³-hybridized carbons (Fsp3) is 0.429. The van der Waals surface area contributed by atoms with Crippen LogP contribution in [0.4, 0.5) is 5.69 Å². The molecule has 5 amide bonds. The molecular weight excluding hydrogens is 588 g/mol. The Hall–Kier alpha value is -4.80. The van der Waals surface area contributed by atoms with E-state index in [0.717, 1.165) is 34.6 Å². The van der Waals surface area contributed by atoms with Crippen LogP contribution in [0, 0.1) is 0 Å². The molecule has 0 radical (unpaired) electrons. The van der Waals surface area contributed by atoms with Gasteiger partial charge in [-0.2, -0.15) is 0 Å². The largest absolute Gasteiger partial charge is 0.480 e. The summed E-state index contributed by atoms with van der Waals surface area (Å²) < 4.78 is 0. The number of anilines is 1. The molecule has 2 aromatic carbocycles. The van der Waals surface area contributed by atoms with Crippen molar-refractivity contribution in [1.29, 1.82) is 0 Å². The van der Waals surface area contributed by atoms with Gasteiger partial charge in [-0.05, 0) is 67.7 Å². The minimum absolute atomic E-state index is 0.0501. The molecule has 11 nitrogen and oxygen atoms in total. The van der Waals surface area contributed by atoms with Crippen LogP contribution < -0.4 is 15.5 Å². The Balaban J connectivity index is 1.12. The zero-order valence-electron chi connectivity index (χ0n) is 26.0. The van der Waals surface area contributed by atoms with E-state index in [4.69, 9.17) is 0 Å². The molecule has 2 aliphatic rings. The summed E-state index contributed by atoms with van der Waals surface area (Å²) in [4.78, 5) is 75.9. The summed E-state index contributed by atoms with van der Waals surface area (Å²) in [5.74, 6) is -2.52. The predicted octanol–water partition coefficient (Wildman–Crippen LogP) is 3.44. The molecule has 11 heteroatoms. The molecule has 0 saturated heterocycles. The number of carbonyl (C=O) groups excluding carboxylic acids is 5. The number of nitrogens with zero attached hydrogens (tertiary/aromatic N) is 2. The van der Waals surface area contributed by atoms with Gasteiger partial charge in [-0.1, -0.05) is 48.9 Å². The maximum atomic E-state index is 13.3. The van der Waals surface area contributed by atoms with Crippen LogP contribution in [0.15, 0.2) is 60.7 Å². The number of benzene rings is 2. The summed E-state index contributed by atoms with van der Waals surface area (Å²) in [5, 5.41) is 14.9. The van der Waals surface area contributed by atoms with Gasteiger partial charge in [-0.25, -0.2) is 4.79 Å². The number of imide groups is 1. The van der Waals surface area contributed by atoms with Gasteiger partial charge in [0.05, 0.1) is 6.54 Å². The van der Waals surface area contributed by atoms with Crippen molar-refractivity contribution in [2.24, 2.45) is 0 Å². The second-order valence-corrected chi connectivity index (χ2v) is 11.7. The monoisotopic (exact) mass is 630 g/mol. The average molecular weight is 631 g/mol. The van der Waals surface area contributed by atoms with E-state index >= 15 is 0 Å². The fourth-order valence-electron chi connectivity index (χ4n) is 5.74. The van der Waals surface area contributed by atoms with Crippen LogP contribution in [-0.2, 0) is 48.2 Å². The summed E-state index contributed by atoms with van der Waals surface area (Å²) in [6.07, 6.45) is 7.38. The van der Waals surface area contributed by atoms with Gasteiger partial charge in [-0.3, -0.25) is 28.9 Å². The third kappa shape index (κ3) is 9.85. The molecule has 2 aromatic rings. The van der Waals surface area contributed by atoms with E-state index in [-0.39, 0.29) is 55.2 Å². The maximum absolute atomic E-state index is 13.3. The molecule has 0 unspecified atom stereocenters. The Bertz CT molecular complexity index is 1450. The minimum atomic E-state index is -1.12. The van der Waals surface area contributed by atoms with Crippen molar-refractivity contribution >= 4 is 41.2 Å². The zero-order chi connectivity index (χ0) is 32.9. The third-order valence-corrected chi connectivity index (χ3v) is 8.32. The van der Waals surface area contributed by atoms with Crippen LogP contribution in [0.25, 0.3) is 0 Å². The Morgan fingerprint density at radius 2 is 1.41 bits per heavy atom. The lowest BCUT2D eigenvalue weighted by Gasteiger charge is -2.29. The number of hydrogen-bond acceptors (Lipinski definition) is 6. The van der Waals surface area contributed by atoms with Gasteiger partial charge >= 0.3 is 5.97 Å². The Kier molecular flexibility index (Phi) is 12.6. The van der Waals surface area contributed by atoms with Gasteiger partial charge in [0.25, 0.3) is 11.8 Å². The highest BCUT2D eigenvalue weighted by atomic mass is 16.4. The first-order valence-electron chi connectivity index (χ1n) is 16.0. The lowest BCUT2D eigenvalue weighted by Crippen LogP contribution is -2.40. The van der Waals surface area contributed by atoms with Crippen LogP contribution >= 0.6 is 0 Å². The summed E-state index contributed by atoms with van der Waals surface area (Å²) >= 11 is 0. The normalized spacial score (nSPS) is 14.6. The number of fused-ring (bicyclic) bond motifs is 2. The number of carbonyl (C=O) groups is 6. The average Bonchev–Trinajstić information content (AvgIpc) is 3.36. The maximum Gasteiger partial charge on any atom is 0.326 e. The van der Waals surface area contributed by atoms with E-state index in [0.29, 0.717) is 51.7 Å². The van der Waals surface area contributed by atoms with Crippen molar-refractivity contribution in [1.82, 2.24) is 15.5 Å². The van der Waals surface area contributed by atoms with Gasteiger partial charge in [0.1, 0.15) is 6.04 Å². The number of hydrogen-bond donors (Lipinski definition) is 3. The van der Waals surface area contributed by atoms with Crippen molar-refractivity contribution in [3.63, 3.8) is 0 Å². The van der Waals surface area contributed by atoms with Crippen molar-refractivity contribution in [3.05, 3.63) is 77.4 Å². The molecule has 0 fully saturated rings. The zero-order valence-corrected chi connectivity index (χ0v) is 26.0. The SMILES string of the molecule is O=C(CCC(=O)N1Cc2ccccc2CCc2ccccc21)NCCCC[C@@H](NC(=O)CCCCCN1C(=O)C=CC1=O)C(=O)O. The number of unbranched alkanes of at least 4 members (excludes halogenated alkanes) is 3. The number of para-hydroxylation sites is 1.